The molecule has 0 bridgehead atoms. The summed E-state index contributed by atoms with van der Waals surface area (Å²) in [6.45, 7) is 2.88. The maximum atomic E-state index is 13.9. The van der Waals surface area contributed by atoms with Crippen molar-refractivity contribution in [2.24, 2.45) is 5.92 Å². The fourth-order valence-electron chi connectivity index (χ4n) is 5.94. The lowest BCUT2D eigenvalue weighted by molar-refractivity contribution is -0.127. The van der Waals surface area contributed by atoms with Crippen molar-refractivity contribution in [3.8, 4) is 0 Å². The zero-order valence-electron chi connectivity index (χ0n) is 29.4. The number of hydrogen-bond acceptors (Lipinski definition) is 9. The Morgan fingerprint density at radius 1 is 0.824 bits per heavy atom. The first-order valence-electron chi connectivity index (χ1n) is 17.6. The lowest BCUT2D eigenvalue weighted by Gasteiger charge is -2.28. The number of carbonyl (C=O) groups excluding carboxylic acids is 2. The molecule has 2 amide bonds. The second-order valence-corrected chi connectivity index (χ2v) is 12.4. The van der Waals surface area contributed by atoms with Gasteiger partial charge >= 0.3 is 6.09 Å². The Bertz CT molecular complexity index is 1460. The number of nitrogens with one attached hydrogen (secondary N) is 2. The number of aliphatic hydroxyl groups is 2. The third kappa shape index (κ3) is 14.2. The molecule has 5 atom stereocenters. The zero-order valence-corrected chi connectivity index (χ0v) is 29.4. The van der Waals surface area contributed by atoms with Crippen molar-refractivity contribution in [1.82, 2.24) is 10.6 Å². The van der Waals surface area contributed by atoms with E-state index in [1.54, 1.807) is 7.11 Å². The summed E-state index contributed by atoms with van der Waals surface area (Å²) in [5.41, 5.74) is 3.79. The first kappa shape index (κ1) is 39.7. The molecule has 4 N–H and O–H groups in total. The van der Waals surface area contributed by atoms with Gasteiger partial charge in [-0.1, -0.05) is 97.1 Å². The van der Waals surface area contributed by atoms with Crippen molar-refractivity contribution < 1.29 is 43.5 Å². The van der Waals surface area contributed by atoms with E-state index in [2.05, 4.69) is 10.6 Å². The summed E-state index contributed by atoms with van der Waals surface area (Å²) in [6, 6.07) is 25.7. The Balaban J connectivity index is 1.34. The number of alkyl carbamates (subject to hydrolysis) is 1. The van der Waals surface area contributed by atoms with Crippen LogP contribution in [0, 0.1) is 5.92 Å². The number of methoxy groups -OCH3 is 1. The lowest BCUT2D eigenvalue weighted by Crippen LogP contribution is -2.47. The van der Waals surface area contributed by atoms with Crippen LogP contribution in [0.4, 0.5) is 4.79 Å². The molecule has 0 saturated carbocycles. The monoisotopic (exact) mass is 704 g/mol. The highest BCUT2D eigenvalue weighted by molar-refractivity contribution is 5.80. The Hall–Kier alpha value is -4.10. The van der Waals surface area contributed by atoms with E-state index >= 15 is 0 Å². The molecule has 1 aliphatic carbocycles. The van der Waals surface area contributed by atoms with E-state index in [0.717, 1.165) is 22.3 Å². The Labute approximate surface area is 300 Å². The molecule has 11 nitrogen and oxygen atoms in total. The predicted octanol–water partition coefficient (Wildman–Crippen LogP) is 4.27. The number of carbonyl (C=O) groups is 2. The highest BCUT2D eigenvalue weighted by atomic mass is 16.6. The molecular formula is C40H52N2O9. The van der Waals surface area contributed by atoms with Crippen LogP contribution < -0.4 is 10.6 Å². The van der Waals surface area contributed by atoms with Crippen LogP contribution in [0.3, 0.4) is 0 Å². The first-order valence-corrected chi connectivity index (χ1v) is 17.6. The summed E-state index contributed by atoms with van der Waals surface area (Å²) < 4.78 is 26.6. The number of ether oxygens (including phenoxy) is 5. The number of rotatable bonds is 23. The van der Waals surface area contributed by atoms with Gasteiger partial charge in [0.2, 0.25) is 5.91 Å². The summed E-state index contributed by atoms with van der Waals surface area (Å²) in [7, 11) is 1.62. The van der Waals surface area contributed by atoms with Gasteiger partial charge in [0.05, 0.1) is 70.5 Å². The van der Waals surface area contributed by atoms with Gasteiger partial charge in [-0.15, -0.1) is 0 Å². The second kappa shape index (κ2) is 22.7. The minimum absolute atomic E-state index is 0.0145. The molecule has 0 aromatic heterocycles. The van der Waals surface area contributed by atoms with Gasteiger partial charge in [-0.25, -0.2) is 4.79 Å². The van der Waals surface area contributed by atoms with E-state index in [-0.39, 0.29) is 25.5 Å². The quantitative estimate of drug-likeness (QED) is 0.106. The smallest absolute Gasteiger partial charge is 0.407 e. The van der Waals surface area contributed by atoms with Gasteiger partial charge in [0.1, 0.15) is 6.61 Å². The summed E-state index contributed by atoms with van der Waals surface area (Å²) in [6.07, 6.45) is 2.50. The van der Waals surface area contributed by atoms with Gasteiger partial charge in [0.15, 0.2) is 0 Å². The van der Waals surface area contributed by atoms with Gasteiger partial charge in [-0.05, 0) is 41.5 Å². The van der Waals surface area contributed by atoms with Crippen LogP contribution in [0.1, 0.15) is 41.1 Å². The summed E-state index contributed by atoms with van der Waals surface area (Å²) in [5, 5.41) is 28.3. The average molecular weight is 705 g/mol. The number of aliphatic hydroxyl groups excluding tert-OH is 2. The molecule has 0 radical (unpaired) electrons. The average Bonchev–Trinajstić information content (AvgIpc) is 3.46. The fourth-order valence-corrected chi connectivity index (χ4v) is 5.94. The standard InChI is InChI=1S/C40H52N2O9/c1-47-19-20-48-21-22-49-23-24-50-25-26-51-40(46)41-35(27-31-13-6-3-7-14-31)36(43)29-33(17-10-15-30-11-4-2-5-12-30)39(45)42-38-34-18-9-8-16-32(34)28-37(38)44/h2-16,18,33,35-38,43-44H,17,19-29H2,1H3,(H,41,46)(H,42,45)/b15-10+. The molecule has 0 spiro atoms. The van der Waals surface area contributed by atoms with Crippen LogP contribution in [-0.2, 0) is 41.3 Å². The van der Waals surface area contributed by atoms with Crippen LogP contribution in [-0.4, -0.2) is 100 Å². The largest absolute Gasteiger partial charge is 0.447 e. The van der Waals surface area contributed by atoms with Gasteiger partial charge in [-0.3, -0.25) is 4.79 Å². The fraction of sp³-hybridized carbons (Fsp3) is 0.450. The van der Waals surface area contributed by atoms with E-state index in [0.29, 0.717) is 58.9 Å². The number of fused-ring (bicyclic) bond motifs is 1. The molecule has 0 heterocycles. The molecule has 276 valence electrons. The van der Waals surface area contributed by atoms with Crippen molar-refractivity contribution in [2.45, 2.75) is 50.0 Å². The van der Waals surface area contributed by atoms with Crippen molar-refractivity contribution in [2.75, 3.05) is 60.0 Å². The molecule has 51 heavy (non-hydrogen) atoms. The van der Waals surface area contributed by atoms with Crippen LogP contribution in [0.15, 0.2) is 91.0 Å². The summed E-state index contributed by atoms with van der Waals surface area (Å²) in [5.74, 6) is -0.933. The van der Waals surface area contributed by atoms with Gasteiger partial charge in [0, 0.05) is 19.4 Å². The van der Waals surface area contributed by atoms with Crippen molar-refractivity contribution in [1.29, 1.82) is 0 Å². The summed E-state index contributed by atoms with van der Waals surface area (Å²) >= 11 is 0. The first-order chi connectivity index (χ1) is 24.9. The highest BCUT2D eigenvalue weighted by Gasteiger charge is 2.35. The molecule has 3 aromatic rings. The summed E-state index contributed by atoms with van der Waals surface area (Å²) in [4.78, 5) is 26.8. The normalized spacial score (nSPS) is 17.1. The van der Waals surface area contributed by atoms with E-state index in [1.807, 2.05) is 97.1 Å². The Morgan fingerprint density at radius 3 is 2.12 bits per heavy atom. The van der Waals surface area contributed by atoms with E-state index < -0.39 is 36.3 Å². The Morgan fingerprint density at radius 2 is 1.43 bits per heavy atom. The third-order valence-electron chi connectivity index (χ3n) is 8.63. The molecule has 0 saturated heterocycles. The van der Waals surface area contributed by atoms with Gasteiger partial charge in [0.25, 0.3) is 0 Å². The van der Waals surface area contributed by atoms with Crippen LogP contribution in [0.5, 0.6) is 0 Å². The molecule has 5 unspecified atom stereocenters. The molecule has 4 rings (SSSR count). The number of benzene rings is 3. The predicted molar refractivity (Wildman–Crippen MR) is 194 cm³/mol. The second-order valence-electron chi connectivity index (χ2n) is 12.4. The minimum atomic E-state index is -1.09. The van der Waals surface area contributed by atoms with Crippen LogP contribution >= 0.6 is 0 Å². The van der Waals surface area contributed by atoms with Crippen LogP contribution in [0.25, 0.3) is 6.08 Å². The number of hydrogen-bond donors (Lipinski definition) is 4. The van der Waals surface area contributed by atoms with E-state index in [1.165, 1.54) is 0 Å². The maximum Gasteiger partial charge on any atom is 0.407 e. The SMILES string of the molecule is COCCOCCOCCOCCOC(=O)NC(Cc1ccccc1)C(O)CC(C/C=C/c1ccccc1)C(=O)NC1c2ccccc2CC1O. The topological polar surface area (TPSA) is 145 Å². The number of amides is 2. The molecule has 0 aliphatic heterocycles. The van der Waals surface area contributed by atoms with E-state index in [4.69, 9.17) is 23.7 Å². The number of allylic oxidation sites excluding steroid dienone is 1. The minimum Gasteiger partial charge on any atom is -0.447 e. The van der Waals surface area contributed by atoms with Crippen molar-refractivity contribution >= 4 is 18.1 Å². The van der Waals surface area contributed by atoms with Crippen molar-refractivity contribution in [3.05, 3.63) is 113 Å². The highest BCUT2D eigenvalue weighted by Crippen LogP contribution is 2.32. The van der Waals surface area contributed by atoms with E-state index in [9.17, 15) is 19.8 Å². The van der Waals surface area contributed by atoms with Crippen LogP contribution in [0.2, 0.25) is 0 Å². The molecule has 0 fully saturated rings. The molecule has 3 aromatic carbocycles. The Kier molecular flexibility index (Phi) is 17.6. The third-order valence-corrected chi connectivity index (χ3v) is 8.63. The maximum absolute atomic E-state index is 13.9. The molecule has 1 aliphatic rings. The van der Waals surface area contributed by atoms with Gasteiger partial charge < -0.3 is 44.5 Å². The molecule has 11 heteroatoms. The lowest BCUT2D eigenvalue weighted by atomic mass is 9.90. The molecular weight excluding hydrogens is 652 g/mol. The zero-order chi connectivity index (χ0) is 36.1. The van der Waals surface area contributed by atoms with Gasteiger partial charge in [-0.2, -0.15) is 0 Å². The van der Waals surface area contributed by atoms with Crippen molar-refractivity contribution in [3.63, 3.8) is 0 Å².